The fraction of sp³-hybridized carbons (Fsp3) is 0.417. The zero-order valence-electron chi connectivity index (χ0n) is 17.4. The number of urea groups is 1. The van der Waals surface area contributed by atoms with Crippen LogP contribution in [0.15, 0.2) is 42.5 Å². The Morgan fingerprint density at radius 2 is 1.67 bits per heavy atom. The summed E-state index contributed by atoms with van der Waals surface area (Å²) < 4.78 is 12.9. The number of carbonyl (C=O) groups excluding carboxylic acids is 2. The molecule has 4 N–H and O–H groups in total. The van der Waals surface area contributed by atoms with Crippen LogP contribution in [0, 0.1) is 24.6 Å². The Morgan fingerprint density at radius 3 is 2.33 bits per heavy atom. The van der Waals surface area contributed by atoms with Gasteiger partial charge in [-0.1, -0.05) is 24.3 Å². The third-order valence-electron chi connectivity index (χ3n) is 6.05. The second-order valence-corrected chi connectivity index (χ2v) is 8.25. The van der Waals surface area contributed by atoms with Crippen molar-refractivity contribution in [2.45, 2.75) is 45.6 Å². The van der Waals surface area contributed by atoms with E-state index in [1.54, 1.807) is 12.1 Å². The molecule has 2 aromatic carbocycles. The molecule has 1 fully saturated rings. The van der Waals surface area contributed by atoms with Gasteiger partial charge in [-0.2, -0.15) is 0 Å². The van der Waals surface area contributed by atoms with Crippen LogP contribution in [0.1, 0.15) is 52.7 Å². The number of nitrogens with one attached hydrogen (secondary N) is 2. The number of amides is 3. The molecule has 0 unspecified atom stereocenters. The SMILES string of the molecule is Cc1cccc(C(N)=O)c1CC1CCC(CNC(=O)NCc2ccc(F)cc2)CC1. The van der Waals surface area contributed by atoms with Gasteiger partial charge in [-0.15, -0.1) is 0 Å². The third-order valence-corrected chi connectivity index (χ3v) is 6.05. The normalized spacial score (nSPS) is 18.6. The molecular formula is C24H30FN3O2. The van der Waals surface area contributed by atoms with Gasteiger partial charge in [0.15, 0.2) is 0 Å². The van der Waals surface area contributed by atoms with Gasteiger partial charge in [-0.3, -0.25) is 4.79 Å². The maximum absolute atomic E-state index is 12.9. The molecule has 1 aliphatic carbocycles. The zero-order chi connectivity index (χ0) is 21.5. The average molecular weight is 412 g/mol. The maximum Gasteiger partial charge on any atom is 0.315 e. The number of halogens is 1. The van der Waals surface area contributed by atoms with Gasteiger partial charge in [-0.05, 0) is 85.8 Å². The summed E-state index contributed by atoms with van der Waals surface area (Å²) in [6, 6.07) is 11.6. The second kappa shape index (κ2) is 10.2. The van der Waals surface area contributed by atoms with Crippen LogP contribution in [-0.2, 0) is 13.0 Å². The molecule has 0 aliphatic heterocycles. The molecule has 3 rings (SSSR count). The number of nitrogens with two attached hydrogens (primary N) is 1. The van der Waals surface area contributed by atoms with Crippen molar-refractivity contribution in [1.82, 2.24) is 10.6 Å². The van der Waals surface area contributed by atoms with Gasteiger partial charge < -0.3 is 16.4 Å². The lowest BCUT2D eigenvalue weighted by atomic mass is 9.78. The summed E-state index contributed by atoms with van der Waals surface area (Å²) >= 11 is 0. The largest absolute Gasteiger partial charge is 0.366 e. The first-order valence-electron chi connectivity index (χ1n) is 10.6. The minimum Gasteiger partial charge on any atom is -0.366 e. The van der Waals surface area contributed by atoms with Crippen LogP contribution in [-0.4, -0.2) is 18.5 Å². The summed E-state index contributed by atoms with van der Waals surface area (Å²) in [5.41, 5.74) is 9.23. The molecule has 30 heavy (non-hydrogen) atoms. The fourth-order valence-corrected chi connectivity index (χ4v) is 4.22. The third kappa shape index (κ3) is 6.05. The molecule has 3 amide bonds. The van der Waals surface area contributed by atoms with Gasteiger partial charge >= 0.3 is 6.03 Å². The van der Waals surface area contributed by atoms with Crippen molar-refractivity contribution in [2.75, 3.05) is 6.54 Å². The average Bonchev–Trinajstić information content (AvgIpc) is 2.74. The number of hydrogen-bond acceptors (Lipinski definition) is 2. The fourth-order valence-electron chi connectivity index (χ4n) is 4.22. The van der Waals surface area contributed by atoms with E-state index in [0.29, 0.717) is 30.5 Å². The van der Waals surface area contributed by atoms with Crippen LogP contribution in [0.25, 0.3) is 0 Å². The number of hydrogen-bond donors (Lipinski definition) is 3. The summed E-state index contributed by atoms with van der Waals surface area (Å²) in [6.45, 7) is 3.05. The summed E-state index contributed by atoms with van der Waals surface area (Å²) in [7, 11) is 0. The molecule has 1 aliphatic rings. The Bertz CT molecular complexity index is 875. The van der Waals surface area contributed by atoms with Crippen LogP contribution in [0.5, 0.6) is 0 Å². The monoisotopic (exact) mass is 411 g/mol. The van der Waals surface area contributed by atoms with Crippen LogP contribution in [0.2, 0.25) is 0 Å². The topological polar surface area (TPSA) is 84.2 Å². The highest BCUT2D eigenvalue weighted by molar-refractivity contribution is 5.94. The predicted molar refractivity (Wildman–Crippen MR) is 115 cm³/mol. The highest BCUT2D eigenvalue weighted by Crippen LogP contribution is 2.32. The van der Waals surface area contributed by atoms with Gasteiger partial charge in [0.05, 0.1) is 0 Å². The summed E-state index contributed by atoms with van der Waals surface area (Å²) in [5, 5.41) is 5.75. The molecule has 0 bridgehead atoms. The highest BCUT2D eigenvalue weighted by Gasteiger charge is 2.23. The van der Waals surface area contributed by atoms with E-state index in [1.165, 1.54) is 12.1 Å². The molecule has 6 heteroatoms. The smallest absolute Gasteiger partial charge is 0.315 e. The van der Waals surface area contributed by atoms with E-state index < -0.39 is 0 Å². The maximum atomic E-state index is 12.9. The van der Waals surface area contributed by atoms with E-state index >= 15 is 0 Å². The molecule has 1 saturated carbocycles. The first kappa shape index (κ1) is 21.8. The van der Waals surface area contributed by atoms with E-state index in [9.17, 15) is 14.0 Å². The molecule has 0 spiro atoms. The summed E-state index contributed by atoms with van der Waals surface area (Å²) in [4.78, 5) is 23.8. The summed E-state index contributed by atoms with van der Waals surface area (Å²) in [5.74, 6) is 0.350. The molecule has 0 saturated heterocycles. The molecule has 5 nitrogen and oxygen atoms in total. The van der Waals surface area contributed by atoms with Crippen molar-refractivity contribution in [1.29, 1.82) is 0 Å². The Hall–Kier alpha value is -2.89. The van der Waals surface area contributed by atoms with Crippen molar-refractivity contribution in [3.05, 3.63) is 70.5 Å². The van der Waals surface area contributed by atoms with Crippen molar-refractivity contribution < 1.29 is 14.0 Å². The number of carbonyl (C=O) groups is 2. The Balaban J connectivity index is 1.40. The van der Waals surface area contributed by atoms with Crippen LogP contribution in [0.4, 0.5) is 9.18 Å². The Kier molecular flexibility index (Phi) is 7.44. The lowest BCUT2D eigenvalue weighted by Crippen LogP contribution is -2.38. The van der Waals surface area contributed by atoms with Gasteiger partial charge in [0.2, 0.25) is 5.91 Å². The molecule has 2 aromatic rings. The van der Waals surface area contributed by atoms with Crippen LogP contribution in [0.3, 0.4) is 0 Å². The molecule has 0 atom stereocenters. The molecule has 0 aromatic heterocycles. The minimum absolute atomic E-state index is 0.201. The zero-order valence-corrected chi connectivity index (χ0v) is 17.4. The lowest BCUT2D eigenvalue weighted by Gasteiger charge is -2.29. The summed E-state index contributed by atoms with van der Waals surface area (Å²) in [6.07, 6.45) is 5.15. The highest BCUT2D eigenvalue weighted by atomic mass is 19.1. The first-order valence-corrected chi connectivity index (χ1v) is 10.6. The van der Waals surface area contributed by atoms with Crippen molar-refractivity contribution >= 4 is 11.9 Å². The molecule has 160 valence electrons. The van der Waals surface area contributed by atoms with Crippen molar-refractivity contribution in [3.63, 3.8) is 0 Å². The molecular weight excluding hydrogens is 381 g/mol. The first-order chi connectivity index (χ1) is 14.4. The molecule has 0 radical (unpaired) electrons. The van der Waals surface area contributed by atoms with Crippen LogP contribution >= 0.6 is 0 Å². The van der Waals surface area contributed by atoms with E-state index in [2.05, 4.69) is 10.6 Å². The quantitative estimate of drug-likeness (QED) is 0.641. The van der Waals surface area contributed by atoms with Crippen molar-refractivity contribution in [3.8, 4) is 0 Å². The van der Waals surface area contributed by atoms with Gasteiger partial charge in [0, 0.05) is 18.7 Å². The lowest BCUT2D eigenvalue weighted by molar-refractivity contribution is 0.0999. The van der Waals surface area contributed by atoms with Gasteiger partial charge in [0.1, 0.15) is 5.82 Å². The Labute approximate surface area is 177 Å². The van der Waals surface area contributed by atoms with Crippen LogP contribution < -0.4 is 16.4 Å². The number of primary amides is 1. The minimum atomic E-state index is -0.363. The Morgan fingerprint density at radius 1 is 1.00 bits per heavy atom. The van der Waals surface area contributed by atoms with E-state index in [1.807, 2.05) is 25.1 Å². The predicted octanol–water partition coefficient (Wildman–Crippen LogP) is 4.08. The van der Waals surface area contributed by atoms with Gasteiger partial charge in [0.25, 0.3) is 0 Å². The molecule has 0 heterocycles. The van der Waals surface area contributed by atoms with Crippen molar-refractivity contribution in [2.24, 2.45) is 17.6 Å². The van der Waals surface area contributed by atoms with E-state index in [0.717, 1.165) is 48.8 Å². The number of rotatable bonds is 7. The van der Waals surface area contributed by atoms with E-state index in [4.69, 9.17) is 5.73 Å². The number of aryl methyl sites for hydroxylation is 1. The number of benzene rings is 2. The second-order valence-electron chi connectivity index (χ2n) is 8.25. The standard InChI is InChI=1S/C24H30FN3O2/c1-16-3-2-4-21(23(26)29)22(16)13-17-5-7-18(8-6-17)14-27-24(30)28-15-19-9-11-20(25)12-10-19/h2-4,9-12,17-18H,5-8,13-15H2,1H3,(H2,26,29)(H2,27,28,30). The van der Waals surface area contributed by atoms with Gasteiger partial charge in [-0.25, -0.2) is 9.18 Å². The van der Waals surface area contributed by atoms with E-state index in [-0.39, 0.29) is 17.8 Å².